The van der Waals surface area contributed by atoms with Crippen LogP contribution in [0.25, 0.3) is 16.8 Å². The number of benzene rings is 1. The van der Waals surface area contributed by atoms with E-state index in [1.54, 1.807) is 48.0 Å². The lowest BCUT2D eigenvalue weighted by molar-refractivity contribution is 0.402. The molecule has 0 aliphatic rings. The quantitative estimate of drug-likeness (QED) is 0.507. The molecule has 0 unspecified atom stereocenters. The van der Waals surface area contributed by atoms with Gasteiger partial charge in [0.15, 0.2) is 5.65 Å². The van der Waals surface area contributed by atoms with Gasteiger partial charge < -0.3 is 9.15 Å². The Labute approximate surface area is 174 Å². The second-order valence-corrected chi connectivity index (χ2v) is 8.77. The minimum Gasteiger partial charge on any atom is -0.495 e. The highest BCUT2D eigenvalue weighted by Crippen LogP contribution is 2.32. The van der Waals surface area contributed by atoms with Gasteiger partial charge >= 0.3 is 0 Å². The number of furan rings is 1. The molecule has 1 N–H and O–H groups in total. The average Bonchev–Trinajstić information content (AvgIpc) is 3.32. The van der Waals surface area contributed by atoms with Crippen LogP contribution in [0.2, 0.25) is 0 Å². The number of fused-ring (bicyclic) bond motifs is 1. The molecule has 0 radical (unpaired) electrons. The van der Waals surface area contributed by atoms with Crippen molar-refractivity contribution in [2.45, 2.75) is 32.2 Å². The number of ether oxygens (including phenoxy) is 1. The molecular formula is C21H22N4O4S. The second-order valence-electron chi connectivity index (χ2n) is 7.04. The summed E-state index contributed by atoms with van der Waals surface area (Å²) in [5, 5.41) is 4.39. The number of nitrogens with one attached hydrogen (secondary N) is 1. The number of hydrogen-bond acceptors (Lipinski definition) is 6. The standard InChI is InChI=1S/C21H22N4O4S/c1-13-9-14(2)25-21(24-13)18(12-22-25)16-6-8-19(28-4)20(10-16)30(26,27)23-11-17-7-5-15(3)29-17/h5-10,12,23H,11H2,1-4H3. The summed E-state index contributed by atoms with van der Waals surface area (Å²) in [7, 11) is -2.42. The van der Waals surface area contributed by atoms with Crippen LogP contribution in [-0.4, -0.2) is 30.1 Å². The predicted molar refractivity (Wildman–Crippen MR) is 112 cm³/mol. The van der Waals surface area contributed by atoms with Crippen molar-refractivity contribution in [3.8, 4) is 16.9 Å². The number of rotatable bonds is 6. The highest BCUT2D eigenvalue weighted by atomic mass is 32.2. The van der Waals surface area contributed by atoms with E-state index in [4.69, 9.17) is 9.15 Å². The van der Waals surface area contributed by atoms with E-state index in [-0.39, 0.29) is 17.2 Å². The third-order valence-electron chi connectivity index (χ3n) is 4.77. The number of hydrogen-bond donors (Lipinski definition) is 1. The summed E-state index contributed by atoms with van der Waals surface area (Å²) in [5.41, 5.74) is 3.89. The molecule has 8 nitrogen and oxygen atoms in total. The lowest BCUT2D eigenvalue weighted by Gasteiger charge is -2.12. The first kappa shape index (κ1) is 20.1. The number of nitrogens with zero attached hydrogens (tertiary/aromatic N) is 3. The Kier molecular flexibility index (Phi) is 5.08. The van der Waals surface area contributed by atoms with Crippen LogP contribution in [0, 0.1) is 20.8 Å². The van der Waals surface area contributed by atoms with Crippen molar-refractivity contribution in [1.82, 2.24) is 19.3 Å². The zero-order valence-corrected chi connectivity index (χ0v) is 17.9. The molecule has 156 valence electrons. The molecule has 0 amide bonds. The van der Waals surface area contributed by atoms with Gasteiger partial charge in [-0.05, 0) is 56.7 Å². The van der Waals surface area contributed by atoms with E-state index in [1.165, 1.54) is 7.11 Å². The summed E-state index contributed by atoms with van der Waals surface area (Å²) >= 11 is 0. The maximum Gasteiger partial charge on any atom is 0.244 e. The molecule has 0 spiro atoms. The molecule has 1 aromatic carbocycles. The molecule has 9 heteroatoms. The van der Waals surface area contributed by atoms with Gasteiger partial charge in [-0.15, -0.1) is 0 Å². The summed E-state index contributed by atoms with van der Waals surface area (Å²) in [6, 6.07) is 10.5. The van der Waals surface area contributed by atoms with Crippen LogP contribution in [-0.2, 0) is 16.6 Å². The first-order chi connectivity index (χ1) is 14.3. The molecule has 3 aromatic heterocycles. The van der Waals surface area contributed by atoms with Crippen molar-refractivity contribution in [3.05, 3.63) is 65.5 Å². The van der Waals surface area contributed by atoms with E-state index in [0.717, 1.165) is 22.7 Å². The van der Waals surface area contributed by atoms with Crippen LogP contribution in [0.15, 0.2) is 51.9 Å². The van der Waals surface area contributed by atoms with Gasteiger partial charge in [0.2, 0.25) is 10.0 Å². The highest BCUT2D eigenvalue weighted by molar-refractivity contribution is 7.89. The molecule has 4 rings (SSSR count). The van der Waals surface area contributed by atoms with Crippen LogP contribution >= 0.6 is 0 Å². The molecule has 0 atom stereocenters. The zero-order chi connectivity index (χ0) is 21.5. The van der Waals surface area contributed by atoms with E-state index in [9.17, 15) is 8.42 Å². The van der Waals surface area contributed by atoms with E-state index in [0.29, 0.717) is 17.0 Å². The number of aryl methyl sites for hydroxylation is 3. The lowest BCUT2D eigenvalue weighted by Crippen LogP contribution is -2.23. The third-order valence-corrected chi connectivity index (χ3v) is 6.20. The highest BCUT2D eigenvalue weighted by Gasteiger charge is 2.22. The van der Waals surface area contributed by atoms with E-state index in [2.05, 4.69) is 14.8 Å². The van der Waals surface area contributed by atoms with E-state index < -0.39 is 10.0 Å². The molecule has 0 aliphatic carbocycles. The van der Waals surface area contributed by atoms with Crippen LogP contribution < -0.4 is 9.46 Å². The summed E-state index contributed by atoms with van der Waals surface area (Å²) in [5.74, 6) is 1.50. The Bertz CT molecular complexity index is 1340. The Morgan fingerprint density at radius 2 is 1.93 bits per heavy atom. The largest absolute Gasteiger partial charge is 0.495 e. The Hall–Kier alpha value is -3.17. The van der Waals surface area contributed by atoms with Gasteiger partial charge in [0.1, 0.15) is 22.2 Å². The van der Waals surface area contributed by atoms with E-state index in [1.807, 2.05) is 19.9 Å². The summed E-state index contributed by atoms with van der Waals surface area (Å²) < 4.78 is 41.1. The Morgan fingerprint density at radius 1 is 1.13 bits per heavy atom. The van der Waals surface area contributed by atoms with Gasteiger partial charge in [-0.1, -0.05) is 6.07 Å². The predicted octanol–water partition coefficient (Wildman–Crippen LogP) is 3.40. The average molecular weight is 426 g/mol. The molecule has 0 fully saturated rings. The number of sulfonamides is 1. The van der Waals surface area contributed by atoms with Crippen molar-refractivity contribution in [2.24, 2.45) is 0 Å². The monoisotopic (exact) mass is 426 g/mol. The molecule has 4 aromatic rings. The molecule has 0 saturated heterocycles. The summed E-state index contributed by atoms with van der Waals surface area (Å²) in [4.78, 5) is 4.61. The molecule has 0 bridgehead atoms. The summed E-state index contributed by atoms with van der Waals surface area (Å²) in [6.07, 6.45) is 1.69. The molecular weight excluding hydrogens is 404 g/mol. The number of aromatic nitrogens is 3. The van der Waals surface area contributed by atoms with Gasteiger partial charge in [-0.2, -0.15) is 5.10 Å². The van der Waals surface area contributed by atoms with Crippen molar-refractivity contribution in [1.29, 1.82) is 0 Å². The normalized spacial score (nSPS) is 11.9. The maximum absolute atomic E-state index is 13.0. The van der Waals surface area contributed by atoms with Gasteiger partial charge in [-0.25, -0.2) is 22.6 Å². The van der Waals surface area contributed by atoms with Crippen LogP contribution in [0.1, 0.15) is 22.9 Å². The fraction of sp³-hybridized carbons (Fsp3) is 0.238. The smallest absolute Gasteiger partial charge is 0.244 e. The first-order valence-electron chi connectivity index (χ1n) is 9.34. The molecule has 0 aliphatic heterocycles. The Balaban J connectivity index is 1.75. The van der Waals surface area contributed by atoms with Gasteiger partial charge in [-0.3, -0.25) is 0 Å². The van der Waals surface area contributed by atoms with Crippen molar-refractivity contribution < 1.29 is 17.6 Å². The van der Waals surface area contributed by atoms with Crippen LogP contribution in [0.5, 0.6) is 5.75 Å². The third kappa shape index (κ3) is 3.69. The first-order valence-corrected chi connectivity index (χ1v) is 10.8. The van der Waals surface area contributed by atoms with Crippen molar-refractivity contribution >= 4 is 15.7 Å². The molecule has 30 heavy (non-hydrogen) atoms. The minimum atomic E-state index is -3.86. The van der Waals surface area contributed by atoms with Gasteiger partial charge in [0.05, 0.1) is 19.9 Å². The Morgan fingerprint density at radius 3 is 2.63 bits per heavy atom. The SMILES string of the molecule is COc1ccc(-c2cnn3c(C)cc(C)nc23)cc1S(=O)(=O)NCc1ccc(C)o1. The van der Waals surface area contributed by atoms with Crippen molar-refractivity contribution in [2.75, 3.05) is 7.11 Å². The molecule has 3 heterocycles. The summed E-state index contributed by atoms with van der Waals surface area (Å²) in [6.45, 7) is 5.70. The topological polar surface area (TPSA) is 98.7 Å². The number of methoxy groups -OCH3 is 1. The van der Waals surface area contributed by atoms with Crippen LogP contribution in [0.3, 0.4) is 0 Å². The van der Waals surface area contributed by atoms with Crippen LogP contribution in [0.4, 0.5) is 0 Å². The lowest BCUT2D eigenvalue weighted by atomic mass is 10.1. The fourth-order valence-electron chi connectivity index (χ4n) is 3.35. The fourth-order valence-corrected chi connectivity index (χ4v) is 4.54. The van der Waals surface area contributed by atoms with Gasteiger partial charge in [0.25, 0.3) is 0 Å². The maximum atomic E-state index is 13.0. The zero-order valence-electron chi connectivity index (χ0n) is 17.1. The van der Waals surface area contributed by atoms with E-state index >= 15 is 0 Å². The second kappa shape index (κ2) is 7.58. The van der Waals surface area contributed by atoms with Gasteiger partial charge in [0, 0.05) is 17.0 Å². The minimum absolute atomic E-state index is 0.0366. The molecule has 0 saturated carbocycles. The van der Waals surface area contributed by atoms with Crippen molar-refractivity contribution in [3.63, 3.8) is 0 Å².